The van der Waals surface area contributed by atoms with E-state index in [1.54, 1.807) is 13.8 Å². The van der Waals surface area contributed by atoms with Crippen LogP contribution in [0.25, 0.3) is 10.9 Å². The second-order valence-corrected chi connectivity index (χ2v) is 6.32. The lowest BCUT2D eigenvalue weighted by molar-refractivity contribution is 0.572. The zero-order chi connectivity index (χ0) is 17.4. The van der Waals surface area contributed by atoms with Gasteiger partial charge >= 0.3 is 0 Å². The fourth-order valence-corrected chi connectivity index (χ4v) is 3.41. The van der Waals surface area contributed by atoms with Gasteiger partial charge in [0.1, 0.15) is 5.82 Å². The maximum atomic E-state index is 14.4. The first kappa shape index (κ1) is 15.7. The Morgan fingerprint density at radius 3 is 2.44 bits per heavy atom. The highest BCUT2D eigenvalue weighted by Gasteiger charge is 2.23. The number of aryl methyl sites for hydroxylation is 2. The van der Waals surface area contributed by atoms with Gasteiger partial charge in [0.05, 0.1) is 11.2 Å². The molecule has 0 amide bonds. The molecule has 0 spiro atoms. The second kappa shape index (κ2) is 6.27. The van der Waals surface area contributed by atoms with Crippen LogP contribution in [-0.2, 0) is 0 Å². The molecule has 2 aromatic heterocycles. The highest BCUT2D eigenvalue weighted by Crippen LogP contribution is 2.27. The molecule has 0 bridgehead atoms. The molecule has 3 heterocycles. The SMILES string of the molecule is Cc1nc(C)c(F)c(N2CCN(c3ccnc4ccccc34)CC2)n1. The summed E-state index contributed by atoms with van der Waals surface area (Å²) < 4.78 is 14.4. The van der Waals surface area contributed by atoms with Crippen LogP contribution in [0.1, 0.15) is 11.5 Å². The van der Waals surface area contributed by atoms with E-state index in [9.17, 15) is 4.39 Å². The van der Waals surface area contributed by atoms with Crippen molar-refractivity contribution in [3.05, 3.63) is 53.9 Å². The first-order valence-corrected chi connectivity index (χ1v) is 8.48. The lowest BCUT2D eigenvalue weighted by atomic mass is 10.1. The minimum atomic E-state index is -0.312. The molecule has 3 aromatic rings. The van der Waals surface area contributed by atoms with Gasteiger partial charge in [-0.3, -0.25) is 4.98 Å². The number of piperazine rings is 1. The van der Waals surface area contributed by atoms with E-state index in [0.29, 0.717) is 17.3 Å². The Labute approximate surface area is 146 Å². The molecule has 1 aliphatic rings. The third kappa shape index (κ3) is 2.88. The molecule has 25 heavy (non-hydrogen) atoms. The molecule has 5 nitrogen and oxygen atoms in total. The molecule has 1 saturated heterocycles. The number of halogens is 1. The summed E-state index contributed by atoms with van der Waals surface area (Å²) >= 11 is 0. The summed E-state index contributed by atoms with van der Waals surface area (Å²) in [4.78, 5) is 17.2. The van der Waals surface area contributed by atoms with Gasteiger partial charge in [0.15, 0.2) is 11.6 Å². The zero-order valence-corrected chi connectivity index (χ0v) is 14.4. The molecule has 0 saturated carbocycles. The van der Waals surface area contributed by atoms with Crippen molar-refractivity contribution in [1.29, 1.82) is 0 Å². The molecule has 0 atom stereocenters. The molecule has 0 N–H and O–H groups in total. The maximum absolute atomic E-state index is 14.4. The average molecular weight is 337 g/mol. The van der Waals surface area contributed by atoms with E-state index in [-0.39, 0.29) is 5.82 Å². The third-order valence-electron chi connectivity index (χ3n) is 4.66. The highest BCUT2D eigenvalue weighted by atomic mass is 19.1. The predicted molar refractivity (Wildman–Crippen MR) is 97.6 cm³/mol. The van der Waals surface area contributed by atoms with E-state index in [1.807, 2.05) is 29.3 Å². The van der Waals surface area contributed by atoms with Crippen molar-refractivity contribution in [3.8, 4) is 0 Å². The van der Waals surface area contributed by atoms with Crippen molar-refractivity contribution in [1.82, 2.24) is 15.0 Å². The summed E-state index contributed by atoms with van der Waals surface area (Å²) in [7, 11) is 0. The predicted octanol–water partition coefficient (Wildman–Crippen LogP) is 3.11. The fraction of sp³-hybridized carbons (Fsp3) is 0.316. The number of hydrogen-bond donors (Lipinski definition) is 0. The van der Waals surface area contributed by atoms with Gasteiger partial charge in [0.25, 0.3) is 0 Å². The zero-order valence-electron chi connectivity index (χ0n) is 14.4. The largest absolute Gasteiger partial charge is 0.367 e. The van der Waals surface area contributed by atoms with Crippen molar-refractivity contribution in [2.45, 2.75) is 13.8 Å². The molecule has 0 unspecified atom stereocenters. The summed E-state index contributed by atoms with van der Waals surface area (Å²) in [5, 5.41) is 1.15. The average Bonchev–Trinajstić information content (AvgIpc) is 2.64. The molecular formula is C19H20FN5. The summed E-state index contributed by atoms with van der Waals surface area (Å²) in [6.07, 6.45) is 1.85. The Balaban J connectivity index is 1.58. The number of aromatic nitrogens is 3. The van der Waals surface area contributed by atoms with Gasteiger partial charge in [0, 0.05) is 43.4 Å². The minimum Gasteiger partial charge on any atom is -0.367 e. The summed E-state index contributed by atoms with van der Waals surface area (Å²) in [6, 6.07) is 10.2. The van der Waals surface area contributed by atoms with Crippen molar-refractivity contribution in [2.24, 2.45) is 0 Å². The summed E-state index contributed by atoms with van der Waals surface area (Å²) in [5.74, 6) is 0.717. The molecule has 1 fully saturated rings. The van der Waals surface area contributed by atoms with Crippen LogP contribution in [-0.4, -0.2) is 41.1 Å². The van der Waals surface area contributed by atoms with Crippen molar-refractivity contribution in [2.75, 3.05) is 36.0 Å². The quantitative estimate of drug-likeness (QED) is 0.719. The lowest BCUT2D eigenvalue weighted by Crippen LogP contribution is -2.47. The Hall–Kier alpha value is -2.76. The van der Waals surface area contributed by atoms with Crippen molar-refractivity contribution >= 4 is 22.4 Å². The highest BCUT2D eigenvalue weighted by molar-refractivity contribution is 5.91. The van der Waals surface area contributed by atoms with E-state index in [4.69, 9.17) is 0 Å². The second-order valence-electron chi connectivity index (χ2n) is 6.32. The number of fused-ring (bicyclic) bond motifs is 1. The smallest absolute Gasteiger partial charge is 0.186 e. The molecule has 1 aromatic carbocycles. The fourth-order valence-electron chi connectivity index (χ4n) is 3.41. The van der Waals surface area contributed by atoms with Crippen LogP contribution >= 0.6 is 0 Å². The summed E-state index contributed by atoms with van der Waals surface area (Å²) in [6.45, 7) is 6.57. The Morgan fingerprint density at radius 1 is 0.920 bits per heavy atom. The van der Waals surface area contributed by atoms with Gasteiger partial charge in [-0.15, -0.1) is 0 Å². The lowest BCUT2D eigenvalue weighted by Gasteiger charge is -2.37. The molecule has 4 rings (SSSR count). The van der Waals surface area contributed by atoms with Crippen LogP contribution < -0.4 is 9.80 Å². The van der Waals surface area contributed by atoms with E-state index in [0.717, 1.165) is 37.1 Å². The number of nitrogens with zero attached hydrogens (tertiary/aromatic N) is 5. The van der Waals surface area contributed by atoms with Crippen LogP contribution in [0.2, 0.25) is 0 Å². The number of hydrogen-bond acceptors (Lipinski definition) is 5. The Bertz CT molecular complexity index is 914. The number of para-hydroxylation sites is 1. The standard InChI is InChI=1S/C19H20FN5/c1-13-18(20)19(23-14(2)22-13)25-11-9-24(10-12-25)17-7-8-21-16-6-4-3-5-15(16)17/h3-8H,9-12H2,1-2H3. The van der Waals surface area contributed by atoms with Gasteiger partial charge in [0.2, 0.25) is 0 Å². The number of pyridine rings is 1. The van der Waals surface area contributed by atoms with Gasteiger partial charge in [-0.05, 0) is 26.0 Å². The molecule has 128 valence electrons. The topological polar surface area (TPSA) is 45.2 Å². The van der Waals surface area contributed by atoms with Crippen molar-refractivity contribution in [3.63, 3.8) is 0 Å². The van der Waals surface area contributed by atoms with E-state index in [1.165, 1.54) is 5.69 Å². The maximum Gasteiger partial charge on any atom is 0.186 e. The molecule has 0 aliphatic carbocycles. The third-order valence-corrected chi connectivity index (χ3v) is 4.66. The van der Waals surface area contributed by atoms with Crippen LogP contribution in [0.15, 0.2) is 36.5 Å². The Morgan fingerprint density at radius 2 is 1.64 bits per heavy atom. The van der Waals surface area contributed by atoms with Gasteiger partial charge in [-0.1, -0.05) is 18.2 Å². The van der Waals surface area contributed by atoms with Gasteiger partial charge in [-0.2, -0.15) is 0 Å². The van der Waals surface area contributed by atoms with E-state index in [2.05, 4.69) is 32.0 Å². The monoisotopic (exact) mass is 337 g/mol. The number of benzene rings is 1. The van der Waals surface area contributed by atoms with Crippen molar-refractivity contribution < 1.29 is 4.39 Å². The normalized spacial score (nSPS) is 15.0. The van der Waals surface area contributed by atoms with Crippen LogP contribution in [0.3, 0.4) is 0 Å². The van der Waals surface area contributed by atoms with E-state index < -0.39 is 0 Å². The molecule has 1 aliphatic heterocycles. The summed E-state index contributed by atoms with van der Waals surface area (Å²) in [5.41, 5.74) is 2.58. The van der Waals surface area contributed by atoms with Crippen LogP contribution in [0.4, 0.5) is 15.9 Å². The first-order valence-electron chi connectivity index (χ1n) is 8.48. The van der Waals surface area contributed by atoms with Gasteiger partial charge < -0.3 is 9.80 Å². The molecule has 0 radical (unpaired) electrons. The van der Waals surface area contributed by atoms with Gasteiger partial charge in [-0.25, -0.2) is 14.4 Å². The number of anilines is 2. The van der Waals surface area contributed by atoms with Crippen LogP contribution in [0, 0.1) is 19.7 Å². The van der Waals surface area contributed by atoms with E-state index >= 15 is 0 Å². The number of rotatable bonds is 2. The Kier molecular flexibility index (Phi) is 3.95. The molecular weight excluding hydrogens is 317 g/mol. The molecule has 6 heteroatoms. The minimum absolute atomic E-state index is 0.312. The first-order chi connectivity index (χ1) is 12.1. The van der Waals surface area contributed by atoms with Crippen LogP contribution in [0.5, 0.6) is 0 Å².